The van der Waals surface area contributed by atoms with Crippen molar-refractivity contribution >= 4 is 5.91 Å². The van der Waals surface area contributed by atoms with Gasteiger partial charge in [0.15, 0.2) is 0 Å². The molecular formula is C9H14N4O. The molecule has 0 radical (unpaired) electrons. The van der Waals surface area contributed by atoms with Crippen LogP contribution in [0.2, 0.25) is 0 Å². The number of aromatic amines is 1. The van der Waals surface area contributed by atoms with Crippen molar-refractivity contribution < 1.29 is 4.79 Å². The van der Waals surface area contributed by atoms with E-state index in [4.69, 9.17) is 0 Å². The summed E-state index contributed by atoms with van der Waals surface area (Å²) in [4.78, 5) is 15.2. The average Bonchev–Trinajstić information content (AvgIpc) is 2.78. The molecule has 1 aliphatic rings. The van der Waals surface area contributed by atoms with Crippen molar-refractivity contribution in [2.24, 2.45) is 5.41 Å². The zero-order valence-corrected chi connectivity index (χ0v) is 8.21. The number of nitrogens with zero attached hydrogens (tertiary/aromatic N) is 2. The molecule has 14 heavy (non-hydrogen) atoms. The lowest BCUT2D eigenvalue weighted by atomic mass is 10.0. The number of hydrogen-bond donors (Lipinski definition) is 2. The van der Waals surface area contributed by atoms with Gasteiger partial charge in [-0.2, -0.15) is 5.10 Å². The molecule has 0 spiro atoms. The Kier molecular flexibility index (Phi) is 2.23. The monoisotopic (exact) mass is 194 g/mol. The summed E-state index contributed by atoms with van der Waals surface area (Å²) >= 11 is 0. The number of amides is 1. The van der Waals surface area contributed by atoms with Crippen molar-refractivity contribution in [1.82, 2.24) is 20.5 Å². The van der Waals surface area contributed by atoms with Crippen molar-refractivity contribution in [2.45, 2.75) is 26.2 Å². The quantitative estimate of drug-likeness (QED) is 0.742. The number of aromatic nitrogens is 3. The number of carbonyl (C=O) groups excluding carboxylic acids is 1. The standard InChI is InChI=1S/C9H14N4O/c1-2-9(3-4-9)5-10-8(14)7-11-6-12-13-7/h6H,2-5H2,1H3,(H,10,14)(H,11,12,13). The first-order chi connectivity index (χ1) is 6.76. The topological polar surface area (TPSA) is 70.7 Å². The Bertz CT molecular complexity index is 316. The first-order valence-electron chi connectivity index (χ1n) is 4.89. The third kappa shape index (κ3) is 1.76. The van der Waals surface area contributed by atoms with Crippen LogP contribution in [0.25, 0.3) is 0 Å². The minimum Gasteiger partial charge on any atom is -0.349 e. The lowest BCUT2D eigenvalue weighted by Gasteiger charge is -2.11. The number of nitrogens with one attached hydrogen (secondary N) is 2. The first-order valence-corrected chi connectivity index (χ1v) is 4.89. The maximum absolute atomic E-state index is 11.5. The molecule has 0 unspecified atom stereocenters. The van der Waals surface area contributed by atoms with Crippen LogP contribution in [-0.2, 0) is 0 Å². The predicted octanol–water partition coefficient (Wildman–Crippen LogP) is 0.725. The van der Waals surface area contributed by atoms with Crippen molar-refractivity contribution in [3.05, 3.63) is 12.2 Å². The fourth-order valence-electron chi connectivity index (χ4n) is 1.50. The molecule has 1 amide bonds. The fourth-order valence-corrected chi connectivity index (χ4v) is 1.50. The Balaban J connectivity index is 1.84. The summed E-state index contributed by atoms with van der Waals surface area (Å²) in [5.41, 5.74) is 0.371. The molecule has 0 saturated heterocycles. The van der Waals surface area contributed by atoms with Crippen LogP contribution in [0.5, 0.6) is 0 Å². The third-order valence-corrected chi connectivity index (χ3v) is 2.96. The van der Waals surface area contributed by atoms with Gasteiger partial charge >= 0.3 is 0 Å². The van der Waals surface area contributed by atoms with Gasteiger partial charge in [0.25, 0.3) is 5.91 Å². The zero-order chi connectivity index (χ0) is 10.0. The smallest absolute Gasteiger partial charge is 0.288 e. The van der Waals surface area contributed by atoms with Crippen molar-refractivity contribution in [2.75, 3.05) is 6.54 Å². The van der Waals surface area contributed by atoms with Gasteiger partial charge in [0.1, 0.15) is 6.33 Å². The lowest BCUT2D eigenvalue weighted by Crippen LogP contribution is -2.30. The van der Waals surface area contributed by atoms with Gasteiger partial charge in [-0.15, -0.1) is 0 Å². The second-order valence-electron chi connectivity index (χ2n) is 3.87. The van der Waals surface area contributed by atoms with E-state index in [1.165, 1.54) is 19.2 Å². The van der Waals surface area contributed by atoms with Gasteiger partial charge in [-0.05, 0) is 24.7 Å². The highest BCUT2D eigenvalue weighted by Gasteiger charge is 2.40. The molecule has 1 heterocycles. The number of carbonyl (C=O) groups is 1. The van der Waals surface area contributed by atoms with Crippen LogP contribution < -0.4 is 5.32 Å². The highest BCUT2D eigenvalue weighted by Crippen LogP contribution is 2.47. The molecule has 1 aromatic rings. The van der Waals surface area contributed by atoms with Crippen LogP contribution in [0.4, 0.5) is 0 Å². The molecule has 0 bridgehead atoms. The molecule has 5 heteroatoms. The number of rotatable bonds is 4. The normalized spacial score (nSPS) is 17.8. The molecule has 5 nitrogen and oxygen atoms in total. The van der Waals surface area contributed by atoms with Gasteiger partial charge in [0, 0.05) is 6.54 Å². The molecule has 1 aromatic heterocycles. The van der Waals surface area contributed by atoms with E-state index in [0.717, 1.165) is 13.0 Å². The zero-order valence-electron chi connectivity index (χ0n) is 8.21. The van der Waals surface area contributed by atoms with Gasteiger partial charge in [0.05, 0.1) is 0 Å². The van der Waals surface area contributed by atoms with E-state index in [9.17, 15) is 4.79 Å². The van der Waals surface area contributed by atoms with Crippen LogP contribution >= 0.6 is 0 Å². The van der Waals surface area contributed by atoms with Gasteiger partial charge in [0.2, 0.25) is 5.82 Å². The van der Waals surface area contributed by atoms with Crippen LogP contribution in [-0.4, -0.2) is 27.6 Å². The molecule has 1 aliphatic carbocycles. The van der Waals surface area contributed by atoms with E-state index in [-0.39, 0.29) is 11.7 Å². The van der Waals surface area contributed by atoms with Gasteiger partial charge in [-0.1, -0.05) is 6.92 Å². The molecule has 0 aliphatic heterocycles. The Labute approximate surface area is 82.3 Å². The summed E-state index contributed by atoms with van der Waals surface area (Å²) < 4.78 is 0. The van der Waals surface area contributed by atoms with Gasteiger partial charge in [-0.3, -0.25) is 9.89 Å². The summed E-state index contributed by atoms with van der Waals surface area (Å²) in [6.45, 7) is 2.91. The molecular weight excluding hydrogens is 180 g/mol. The number of H-pyrrole nitrogens is 1. The Hall–Kier alpha value is -1.39. The summed E-state index contributed by atoms with van der Waals surface area (Å²) in [6, 6.07) is 0. The molecule has 2 rings (SSSR count). The van der Waals surface area contributed by atoms with E-state index in [1.54, 1.807) is 0 Å². The van der Waals surface area contributed by atoms with E-state index in [2.05, 4.69) is 27.4 Å². The van der Waals surface area contributed by atoms with Gasteiger partial charge in [-0.25, -0.2) is 4.98 Å². The van der Waals surface area contributed by atoms with Crippen LogP contribution in [0.15, 0.2) is 6.33 Å². The third-order valence-electron chi connectivity index (χ3n) is 2.96. The van der Waals surface area contributed by atoms with Crippen molar-refractivity contribution in [3.8, 4) is 0 Å². The Morgan fingerprint density at radius 1 is 1.71 bits per heavy atom. The summed E-state index contributed by atoms with van der Waals surface area (Å²) in [7, 11) is 0. The Morgan fingerprint density at radius 3 is 3.00 bits per heavy atom. The molecule has 2 N–H and O–H groups in total. The lowest BCUT2D eigenvalue weighted by molar-refractivity contribution is 0.0934. The predicted molar refractivity (Wildman–Crippen MR) is 50.7 cm³/mol. The Morgan fingerprint density at radius 2 is 2.50 bits per heavy atom. The fraction of sp³-hybridized carbons (Fsp3) is 0.667. The molecule has 1 fully saturated rings. The second kappa shape index (κ2) is 3.40. The first kappa shape index (κ1) is 9.18. The van der Waals surface area contributed by atoms with E-state index < -0.39 is 0 Å². The number of hydrogen-bond acceptors (Lipinski definition) is 3. The van der Waals surface area contributed by atoms with E-state index in [0.29, 0.717) is 5.41 Å². The van der Waals surface area contributed by atoms with Crippen LogP contribution in [0.3, 0.4) is 0 Å². The molecule has 0 aromatic carbocycles. The maximum Gasteiger partial charge on any atom is 0.288 e. The minimum atomic E-state index is -0.165. The largest absolute Gasteiger partial charge is 0.349 e. The SMILES string of the molecule is CCC1(CNC(=O)c2ncn[nH]2)CC1. The van der Waals surface area contributed by atoms with E-state index in [1.807, 2.05) is 0 Å². The van der Waals surface area contributed by atoms with E-state index >= 15 is 0 Å². The van der Waals surface area contributed by atoms with Gasteiger partial charge < -0.3 is 5.32 Å². The molecule has 1 saturated carbocycles. The van der Waals surface area contributed by atoms with Crippen LogP contribution in [0.1, 0.15) is 36.8 Å². The molecule has 0 atom stereocenters. The highest BCUT2D eigenvalue weighted by atomic mass is 16.2. The maximum atomic E-state index is 11.5. The molecule has 76 valence electrons. The average molecular weight is 194 g/mol. The summed E-state index contributed by atoms with van der Waals surface area (Å²) in [5, 5.41) is 9.03. The summed E-state index contributed by atoms with van der Waals surface area (Å²) in [6.07, 6.45) is 4.91. The summed E-state index contributed by atoms with van der Waals surface area (Å²) in [5.74, 6) is 0.124. The van der Waals surface area contributed by atoms with Crippen molar-refractivity contribution in [3.63, 3.8) is 0 Å². The highest BCUT2D eigenvalue weighted by molar-refractivity contribution is 5.90. The minimum absolute atomic E-state index is 0.165. The van der Waals surface area contributed by atoms with Crippen LogP contribution in [0, 0.1) is 5.41 Å². The second-order valence-corrected chi connectivity index (χ2v) is 3.87. The van der Waals surface area contributed by atoms with Crippen molar-refractivity contribution in [1.29, 1.82) is 0 Å².